The van der Waals surface area contributed by atoms with Gasteiger partial charge in [-0.2, -0.15) is 0 Å². The summed E-state index contributed by atoms with van der Waals surface area (Å²) in [5.41, 5.74) is 1.85. The first-order chi connectivity index (χ1) is 23.6. The van der Waals surface area contributed by atoms with Crippen LogP contribution in [0.3, 0.4) is 0 Å². The van der Waals surface area contributed by atoms with Crippen LogP contribution in [0.5, 0.6) is 0 Å². The zero-order valence-electron chi connectivity index (χ0n) is 27.1. The number of fused-ring (bicyclic) bond motifs is 1. The number of hydrogen-bond donors (Lipinski definition) is 2. The fraction of sp³-hybridized carbons (Fsp3) is 0.316. The van der Waals surface area contributed by atoms with Crippen molar-refractivity contribution in [3.05, 3.63) is 125 Å². The van der Waals surface area contributed by atoms with Crippen LogP contribution in [0.15, 0.2) is 103 Å². The number of cyclic esters (lactones) is 1. The predicted molar refractivity (Wildman–Crippen MR) is 176 cm³/mol. The molecule has 4 atom stereocenters. The predicted octanol–water partition coefficient (Wildman–Crippen LogP) is 3.84. The highest BCUT2D eigenvalue weighted by Gasteiger charge is 2.55. The second-order valence-electron chi connectivity index (χ2n) is 12.7. The van der Waals surface area contributed by atoms with E-state index in [0.717, 1.165) is 11.1 Å². The van der Waals surface area contributed by atoms with Crippen molar-refractivity contribution in [2.75, 3.05) is 19.8 Å². The van der Waals surface area contributed by atoms with Crippen molar-refractivity contribution in [3.8, 4) is 0 Å². The van der Waals surface area contributed by atoms with Crippen molar-refractivity contribution >= 4 is 29.9 Å². The summed E-state index contributed by atoms with van der Waals surface area (Å²) in [6.07, 6.45) is 0.903. The van der Waals surface area contributed by atoms with Gasteiger partial charge < -0.3 is 34.1 Å². The number of rotatable bonds is 10. The van der Waals surface area contributed by atoms with E-state index in [9.17, 15) is 24.3 Å². The average molecular weight is 668 g/mol. The summed E-state index contributed by atoms with van der Waals surface area (Å²) in [6, 6.07) is 25.3. The Morgan fingerprint density at radius 1 is 0.939 bits per heavy atom. The van der Waals surface area contributed by atoms with Crippen molar-refractivity contribution in [2.24, 2.45) is 5.41 Å². The van der Waals surface area contributed by atoms with Gasteiger partial charge in [0.25, 0.3) is 0 Å². The van der Waals surface area contributed by atoms with Crippen LogP contribution in [-0.2, 0) is 43.9 Å². The maximum absolute atomic E-state index is 13.6. The lowest BCUT2D eigenvalue weighted by molar-refractivity contribution is -0.159. The Hall–Kier alpha value is -5.10. The van der Waals surface area contributed by atoms with Gasteiger partial charge >= 0.3 is 17.9 Å². The SMILES string of the molecule is CC1(C)COC(=O)[C@@H]1OC(=O)C=Cc1cccc(C(=O)O[C@@H]2CC(C(=O)NCCO)=C[C@H]3OC(c4ccccc4)(c4ccccc4)O[C@H]32)c1. The van der Waals surface area contributed by atoms with E-state index in [1.807, 2.05) is 60.7 Å². The van der Waals surface area contributed by atoms with Crippen LogP contribution < -0.4 is 5.32 Å². The molecule has 0 spiro atoms. The van der Waals surface area contributed by atoms with Crippen LogP contribution in [0.4, 0.5) is 0 Å². The fourth-order valence-electron chi connectivity index (χ4n) is 6.10. The number of nitrogens with one attached hydrogen (secondary N) is 1. The van der Waals surface area contributed by atoms with Crippen LogP contribution in [0.2, 0.25) is 0 Å². The fourth-order valence-corrected chi connectivity index (χ4v) is 6.10. The number of carbonyl (C=O) groups is 4. The minimum absolute atomic E-state index is 0.0402. The van der Waals surface area contributed by atoms with Gasteiger partial charge in [0.15, 0.2) is 0 Å². The number of benzene rings is 3. The first-order valence-corrected chi connectivity index (χ1v) is 16.0. The Morgan fingerprint density at radius 2 is 1.63 bits per heavy atom. The number of esters is 3. The van der Waals surface area contributed by atoms with Crippen LogP contribution in [0.25, 0.3) is 6.08 Å². The molecule has 2 saturated heterocycles. The summed E-state index contributed by atoms with van der Waals surface area (Å²) in [5.74, 6) is -3.75. The molecule has 0 radical (unpaired) electrons. The minimum atomic E-state index is -1.35. The molecule has 0 saturated carbocycles. The Bertz CT molecular complexity index is 1730. The Morgan fingerprint density at radius 3 is 2.27 bits per heavy atom. The number of aliphatic hydroxyl groups excluding tert-OH is 1. The zero-order chi connectivity index (χ0) is 34.6. The Kier molecular flexibility index (Phi) is 9.77. The van der Waals surface area contributed by atoms with Gasteiger partial charge in [-0.25, -0.2) is 14.4 Å². The molecule has 3 aromatic rings. The van der Waals surface area contributed by atoms with Gasteiger partial charge in [-0.3, -0.25) is 4.79 Å². The van der Waals surface area contributed by atoms with E-state index < -0.39 is 59.4 Å². The third-order valence-electron chi connectivity index (χ3n) is 8.61. The monoisotopic (exact) mass is 667 g/mol. The Balaban J connectivity index is 1.24. The van der Waals surface area contributed by atoms with Gasteiger partial charge in [0.05, 0.1) is 12.2 Å². The Labute approximate surface area is 283 Å². The lowest BCUT2D eigenvalue weighted by Crippen LogP contribution is -2.43. The molecule has 254 valence electrons. The van der Waals surface area contributed by atoms with Crippen LogP contribution in [-0.4, -0.2) is 73.1 Å². The third kappa shape index (κ3) is 7.19. The second-order valence-corrected chi connectivity index (χ2v) is 12.7. The smallest absolute Gasteiger partial charge is 0.348 e. The molecular formula is C38H37NO10. The lowest BCUT2D eigenvalue weighted by atomic mass is 9.90. The van der Waals surface area contributed by atoms with Crippen LogP contribution in [0, 0.1) is 5.41 Å². The molecule has 0 aromatic heterocycles. The molecule has 11 nitrogen and oxygen atoms in total. The highest BCUT2D eigenvalue weighted by Crippen LogP contribution is 2.47. The molecule has 1 aliphatic carbocycles. The summed E-state index contributed by atoms with van der Waals surface area (Å²) in [7, 11) is 0. The molecule has 3 aliphatic rings. The molecular weight excluding hydrogens is 630 g/mol. The lowest BCUT2D eigenvalue weighted by Gasteiger charge is -2.31. The van der Waals surface area contributed by atoms with Crippen molar-refractivity contribution in [1.29, 1.82) is 0 Å². The maximum Gasteiger partial charge on any atom is 0.348 e. The molecule has 0 bridgehead atoms. The highest BCUT2D eigenvalue weighted by molar-refractivity contribution is 5.94. The third-order valence-corrected chi connectivity index (χ3v) is 8.61. The number of amides is 1. The molecule has 2 heterocycles. The number of aliphatic hydroxyl groups is 1. The molecule has 2 N–H and O–H groups in total. The standard InChI is InChI=1S/C38H37NO10/c1-37(2)23-45-36(44)33(37)47-31(41)17-16-24-10-9-11-25(20-24)35(43)46-29-21-26(34(42)39-18-19-40)22-30-32(29)49-38(48-30,27-12-5-3-6-13-27)28-14-7-4-8-15-28/h3-17,20,22,29-30,32-33,40H,18-19,21,23H2,1-2H3,(H,39,42)/t29-,30-,32+,33+/m1/s1. The molecule has 2 aliphatic heterocycles. The van der Waals surface area contributed by atoms with E-state index in [1.54, 1.807) is 44.2 Å². The van der Waals surface area contributed by atoms with Crippen LogP contribution >= 0.6 is 0 Å². The van der Waals surface area contributed by atoms with E-state index in [4.69, 9.17) is 23.7 Å². The van der Waals surface area contributed by atoms with Gasteiger partial charge in [0.2, 0.25) is 17.8 Å². The average Bonchev–Trinajstić information content (AvgIpc) is 3.64. The first kappa shape index (κ1) is 33.8. The van der Waals surface area contributed by atoms with Gasteiger partial charge in [-0.15, -0.1) is 0 Å². The maximum atomic E-state index is 13.6. The molecule has 3 aromatic carbocycles. The largest absolute Gasteiger partial charge is 0.462 e. The summed E-state index contributed by atoms with van der Waals surface area (Å²) in [4.78, 5) is 51.2. The van der Waals surface area contributed by atoms with Gasteiger partial charge in [-0.05, 0) is 29.8 Å². The quantitative estimate of drug-likeness (QED) is 0.186. The van der Waals surface area contributed by atoms with Gasteiger partial charge in [-0.1, -0.05) is 86.6 Å². The zero-order valence-corrected chi connectivity index (χ0v) is 27.1. The van der Waals surface area contributed by atoms with Crippen molar-refractivity contribution in [3.63, 3.8) is 0 Å². The van der Waals surface area contributed by atoms with E-state index >= 15 is 0 Å². The first-order valence-electron chi connectivity index (χ1n) is 16.0. The summed E-state index contributed by atoms with van der Waals surface area (Å²) in [6.45, 7) is 3.52. The minimum Gasteiger partial charge on any atom is -0.462 e. The normalized spacial score (nSPS) is 23.7. The molecule has 2 fully saturated rings. The van der Waals surface area contributed by atoms with Crippen molar-refractivity contribution < 1.29 is 48.0 Å². The van der Waals surface area contributed by atoms with Crippen molar-refractivity contribution in [2.45, 2.75) is 50.5 Å². The van der Waals surface area contributed by atoms with E-state index in [2.05, 4.69) is 5.32 Å². The molecule has 6 rings (SSSR count). The van der Waals surface area contributed by atoms with Gasteiger partial charge in [0.1, 0.15) is 24.9 Å². The summed E-state index contributed by atoms with van der Waals surface area (Å²) >= 11 is 0. The van der Waals surface area contributed by atoms with Crippen molar-refractivity contribution in [1.82, 2.24) is 5.32 Å². The highest BCUT2D eigenvalue weighted by atomic mass is 16.8. The number of hydrogen-bond acceptors (Lipinski definition) is 10. The second kappa shape index (κ2) is 14.2. The van der Waals surface area contributed by atoms with E-state index in [0.29, 0.717) is 11.1 Å². The molecule has 11 heteroatoms. The number of ether oxygens (including phenoxy) is 5. The summed E-state index contributed by atoms with van der Waals surface area (Å²) < 4.78 is 29.8. The molecule has 1 amide bonds. The number of carbonyl (C=O) groups excluding carboxylic acids is 4. The van der Waals surface area contributed by atoms with E-state index in [1.165, 1.54) is 12.2 Å². The summed E-state index contributed by atoms with van der Waals surface area (Å²) in [5, 5.41) is 11.9. The molecule has 0 unspecified atom stereocenters. The van der Waals surface area contributed by atoms with E-state index in [-0.39, 0.29) is 31.7 Å². The van der Waals surface area contributed by atoms with Crippen LogP contribution in [0.1, 0.15) is 47.3 Å². The topological polar surface area (TPSA) is 147 Å². The van der Waals surface area contributed by atoms with Gasteiger partial charge in [0, 0.05) is 41.2 Å². The molecule has 49 heavy (non-hydrogen) atoms.